The van der Waals surface area contributed by atoms with Crippen LogP contribution < -0.4 is 11.3 Å². The molecule has 0 saturated carbocycles. The molecule has 0 amide bonds. The van der Waals surface area contributed by atoms with Gasteiger partial charge in [0.2, 0.25) is 5.95 Å². The molecular formula is C11H12FN5. The third kappa shape index (κ3) is 2.31. The van der Waals surface area contributed by atoms with E-state index in [2.05, 4.69) is 15.6 Å². The first kappa shape index (κ1) is 11.3. The number of nitrogen functional groups attached to an aromatic ring is 1. The Morgan fingerprint density at radius 1 is 1.29 bits per heavy atom. The minimum Gasteiger partial charge on any atom is -0.296 e. The van der Waals surface area contributed by atoms with E-state index in [4.69, 9.17) is 5.84 Å². The molecule has 0 unspecified atom stereocenters. The van der Waals surface area contributed by atoms with Gasteiger partial charge in [0, 0.05) is 12.6 Å². The van der Waals surface area contributed by atoms with E-state index < -0.39 is 0 Å². The van der Waals surface area contributed by atoms with Gasteiger partial charge in [-0.05, 0) is 18.2 Å². The highest BCUT2D eigenvalue weighted by atomic mass is 19.1. The van der Waals surface area contributed by atoms with Crippen LogP contribution >= 0.6 is 0 Å². The summed E-state index contributed by atoms with van der Waals surface area (Å²) >= 11 is 0. The molecule has 0 bridgehead atoms. The van der Waals surface area contributed by atoms with Crippen molar-refractivity contribution in [3.05, 3.63) is 41.5 Å². The number of hydrogen-bond acceptors (Lipinski definition) is 4. The minimum atomic E-state index is -0.275. The number of nitrogens with zero attached hydrogens (tertiary/aromatic N) is 3. The number of rotatable bonds is 3. The third-order valence-electron chi connectivity index (χ3n) is 2.35. The molecule has 2 rings (SSSR count). The molecule has 0 spiro atoms. The van der Waals surface area contributed by atoms with E-state index in [9.17, 15) is 4.39 Å². The summed E-state index contributed by atoms with van der Waals surface area (Å²) in [6.07, 6.45) is 3.31. The fourth-order valence-electron chi connectivity index (χ4n) is 1.39. The Morgan fingerprint density at radius 3 is 2.71 bits per heavy atom. The van der Waals surface area contributed by atoms with Crippen molar-refractivity contribution in [3.8, 4) is 0 Å². The highest BCUT2D eigenvalue weighted by Gasteiger charge is 2.03. The summed E-state index contributed by atoms with van der Waals surface area (Å²) in [5.41, 5.74) is 2.90. The fraction of sp³-hybridized carbons (Fsp3) is 0.0909. The highest BCUT2D eigenvalue weighted by Crippen LogP contribution is 2.11. The number of hydrogen-bond donors (Lipinski definition) is 2. The molecule has 0 atom stereocenters. The summed E-state index contributed by atoms with van der Waals surface area (Å²) in [5, 5.41) is 7.69. The first-order valence-corrected chi connectivity index (χ1v) is 5.01. The number of anilines is 1. The van der Waals surface area contributed by atoms with Gasteiger partial charge in [0.1, 0.15) is 5.82 Å². The maximum absolute atomic E-state index is 13.3. The lowest BCUT2D eigenvalue weighted by Gasteiger charge is -1.99. The molecule has 88 valence electrons. The second-order valence-corrected chi connectivity index (χ2v) is 3.44. The Labute approximate surface area is 97.7 Å². The van der Waals surface area contributed by atoms with Gasteiger partial charge in [0.25, 0.3) is 0 Å². The average molecular weight is 233 g/mol. The van der Waals surface area contributed by atoms with Gasteiger partial charge >= 0.3 is 0 Å². The standard InChI is InChI=1S/C11H12FN5/c1-17-10(15-16-11(17)14-13)7-6-8-4-2-3-5-9(8)12/h2-7H,13H2,1H3,(H,14,16)/b7-6+. The third-order valence-corrected chi connectivity index (χ3v) is 2.35. The quantitative estimate of drug-likeness (QED) is 0.621. The van der Waals surface area contributed by atoms with Crippen LogP contribution in [0.3, 0.4) is 0 Å². The van der Waals surface area contributed by atoms with E-state index in [-0.39, 0.29) is 5.82 Å². The van der Waals surface area contributed by atoms with Crippen LogP contribution in [-0.2, 0) is 7.05 Å². The van der Waals surface area contributed by atoms with Gasteiger partial charge < -0.3 is 0 Å². The first-order chi connectivity index (χ1) is 8.22. The van der Waals surface area contributed by atoms with Gasteiger partial charge in [0.15, 0.2) is 5.82 Å². The van der Waals surface area contributed by atoms with E-state index in [0.717, 1.165) is 0 Å². The van der Waals surface area contributed by atoms with E-state index >= 15 is 0 Å². The molecule has 0 fully saturated rings. The van der Waals surface area contributed by atoms with Crippen LogP contribution in [0.15, 0.2) is 24.3 Å². The van der Waals surface area contributed by atoms with Gasteiger partial charge in [-0.3, -0.25) is 9.99 Å². The predicted octanol–water partition coefficient (Wildman–Crippen LogP) is 1.41. The summed E-state index contributed by atoms with van der Waals surface area (Å²) in [4.78, 5) is 0. The molecule has 5 nitrogen and oxygen atoms in total. The lowest BCUT2D eigenvalue weighted by Crippen LogP contribution is -2.11. The number of benzene rings is 1. The molecule has 0 saturated heterocycles. The van der Waals surface area contributed by atoms with Crippen LogP contribution in [0.25, 0.3) is 12.2 Å². The molecular weight excluding hydrogens is 221 g/mol. The van der Waals surface area contributed by atoms with Crippen LogP contribution in [0.1, 0.15) is 11.4 Å². The second-order valence-electron chi connectivity index (χ2n) is 3.44. The zero-order chi connectivity index (χ0) is 12.3. The number of nitrogens with two attached hydrogens (primary N) is 1. The van der Waals surface area contributed by atoms with Gasteiger partial charge in [-0.2, -0.15) is 0 Å². The van der Waals surface area contributed by atoms with Crippen LogP contribution in [-0.4, -0.2) is 14.8 Å². The van der Waals surface area contributed by atoms with Gasteiger partial charge in [-0.25, -0.2) is 10.2 Å². The highest BCUT2D eigenvalue weighted by molar-refractivity contribution is 5.67. The molecule has 2 aromatic rings. The largest absolute Gasteiger partial charge is 0.296 e. The van der Waals surface area contributed by atoms with Crippen molar-refractivity contribution >= 4 is 18.1 Å². The van der Waals surface area contributed by atoms with Crippen LogP contribution in [0.2, 0.25) is 0 Å². The summed E-state index contributed by atoms with van der Waals surface area (Å²) < 4.78 is 15.0. The van der Waals surface area contributed by atoms with Crippen molar-refractivity contribution in [2.45, 2.75) is 0 Å². The average Bonchev–Trinajstić information content (AvgIpc) is 2.69. The van der Waals surface area contributed by atoms with E-state index in [1.165, 1.54) is 6.07 Å². The summed E-state index contributed by atoms with van der Waals surface area (Å²) in [6.45, 7) is 0. The zero-order valence-corrected chi connectivity index (χ0v) is 9.26. The van der Waals surface area contributed by atoms with Crippen molar-refractivity contribution in [3.63, 3.8) is 0 Å². The van der Waals surface area contributed by atoms with Crippen molar-refractivity contribution in [1.29, 1.82) is 0 Å². The summed E-state index contributed by atoms with van der Waals surface area (Å²) in [6, 6.07) is 6.51. The molecule has 17 heavy (non-hydrogen) atoms. The summed E-state index contributed by atoms with van der Waals surface area (Å²) in [7, 11) is 1.76. The lowest BCUT2D eigenvalue weighted by molar-refractivity contribution is 0.625. The number of aromatic nitrogens is 3. The Hall–Kier alpha value is -2.21. The number of halogens is 1. The maximum Gasteiger partial charge on any atom is 0.238 e. The molecule has 0 aliphatic carbocycles. The fourth-order valence-corrected chi connectivity index (χ4v) is 1.39. The van der Waals surface area contributed by atoms with E-state index in [1.54, 1.807) is 42.0 Å². The van der Waals surface area contributed by atoms with E-state index in [1.807, 2.05) is 0 Å². The number of hydrazine groups is 1. The van der Waals surface area contributed by atoms with Gasteiger partial charge in [-0.1, -0.05) is 18.2 Å². The maximum atomic E-state index is 13.3. The monoisotopic (exact) mass is 233 g/mol. The SMILES string of the molecule is Cn1c(/C=C/c2ccccc2F)nnc1NN. The topological polar surface area (TPSA) is 68.8 Å². The van der Waals surface area contributed by atoms with Gasteiger partial charge in [-0.15, -0.1) is 10.2 Å². The first-order valence-electron chi connectivity index (χ1n) is 5.01. The molecule has 1 aromatic carbocycles. The lowest BCUT2D eigenvalue weighted by atomic mass is 10.2. The predicted molar refractivity (Wildman–Crippen MR) is 64.1 cm³/mol. The van der Waals surface area contributed by atoms with Gasteiger partial charge in [0.05, 0.1) is 0 Å². The molecule has 0 aliphatic heterocycles. The molecule has 6 heteroatoms. The molecule has 0 radical (unpaired) electrons. The Kier molecular flexibility index (Phi) is 3.15. The smallest absolute Gasteiger partial charge is 0.238 e. The summed E-state index contributed by atoms with van der Waals surface area (Å²) in [5.74, 6) is 5.99. The molecule has 3 N–H and O–H groups in total. The van der Waals surface area contributed by atoms with Crippen molar-refractivity contribution in [1.82, 2.24) is 14.8 Å². The minimum absolute atomic E-state index is 0.275. The molecule has 1 aromatic heterocycles. The molecule has 1 heterocycles. The van der Waals surface area contributed by atoms with Crippen LogP contribution in [0, 0.1) is 5.82 Å². The number of nitrogens with one attached hydrogen (secondary N) is 1. The Balaban J connectivity index is 2.26. The zero-order valence-electron chi connectivity index (χ0n) is 9.26. The normalized spacial score (nSPS) is 11.0. The van der Waals surface area contributed by atoms with E-state index in [0.29, 0.717) is 17.3 Å². The van der Waals surface area contributed by atoms with Crippen molar-refractivity contribution in [2.75, 3.05) is 5.43 Å². The van der Waals surface area contributed by atoms with Crippen LogP contribution in [0.4, 0.5) is 10.3 Å². The van der Waals surface area contributed by atoms with Crippen LogP contribution in [0.5, 0.6) is 0 Å². The Morgan fingerprint density at radius 2 is 2.06 bits per heavy atom. The second kappa shape index (κ2) is 4.75. The molecule has 0 aliphatic rings. The van der Waals surface area contributed by atoms with Crippen molar-refractivity contribution < 1.29 is 4.39 Å². The Bertz CT molecular complexity index is 547. The van der Waals surface area contributed by atoms with Crippen molar-refractivity contribution in [2.24, 2.45) is 12.9 Å².